The summed E-state index contributed by atoms with van der Waals surface area (Å²) in [5.74, 6) is 0.403. The fourth-order valence-electron chi connectivity index (χ4n) is 2.89. The second-order valence-electron chi connectivity index (χ2n) is 6.08. The van der Waals surface area contributed by atoms with Crippen LogP contribution in [0.4, 0.5) is 0 Å². The smallest absolute Gasteiger partial charge is 0.306 e. The molecule has 0 amide bonds. The van der Waals surface area contributed by atoms with E-state index in [1.807, 2.05) is 6.92 Å². The summed E-state index contributed by atoms with van der Waals surface area (Å²) >= 11 is 0. The number of carboxylic acids is 1. The Kier molecular flexibility index (Phi) is 4.40. The third-order valence-corrected chi connectivity index (χ3v) is 4.88. The van der Waals surface area contributed by atoms with Gasteiger partial charge < -0.3 is 5.11 Å². The molecule has 16 heavy (non-hydrogen) atoms. The molecule has 2 nitrogen and oxygen atoms in total. The molecule has 1 aliphatic rings. The van der Waals surface area contributed by atoms with Gasteiger partial charge in [-0.25, -0.2) is 0 Å². The lowest BCUT2D eigenvalue weighted by Gasteiger charge is -2.39. The van der Waals surface area contributed by atoms with Crippen molar-refractivity contribution >= 4 is 5.97 Å². The largest absolute Gasteiger partial charge is 0.481 e. The lowest BCUT2D eigenvalue weighted by Crippen LogP contribution is -2.31. The van der Waals surface area contributed by atoms with Crippen LogP contribution in [0.3, 0.4) is 0 Å². The molecule has 1 rings (SSSR count). The minimum absolute atomic E-state index is 0.161. The van der Waals surface area contributed by atoms with Crippen LogP contribution in [0.1, 0.15) is 59.8 Å². The number of rotatable bonds is 4. The third kappa shape index (κ3) is 2.99. The van der Waals surface area contributed by atoms with Crippen LogP contribution in [0, 0.1) is 23.2 Å². The van der Waals surface area contributed by atoms with Gasteiger partial charge in [-0.2, -0.15) is 0 Å². The standard InChI is InChI=1S/C14H26O2/c1-5-14(3,4)12-8-6-11(7-9-12)10(2)13(15)16/h10-12H,5-9H2,1-4H3,(H,15,16). The number of carboxylic acid groups (broad SMARTS) is 1. The molecule has 94 valence electrons. The van der Waals surface area contributed by atoms with Gasteiger partial charge in [0.15, 0.2) is 0 Å². The van der Waals surface area contributed by atoms with Crippen molar-refractivity contribution in [2.75, 3.05) is 0 Å². The Bertz CT molecular complexity index is 237. The first kappa shape index (κ1) is 13.5. The van der Waals surface area contributed by atoms with Crippen LogP contribution in [-0.2, 0) is 4.79 Å². The van der Waals surface area contributed by atoms with Crippen molar-refractivity contribution < 1.29 is 9.90 Å². The average Bonchev–Trinajstić information content (AvgIpc) is 2.28. The SMILES string of the molecule is CCC(C)(C)C1CCC(C(C)C(=O)O)CC1. The van der Waals surface area contributed by atoms with Gasteiger partial charge in [0.05, 0.1) is 5.92 Å². The average molecular weight is 226 g/mol. The van der Waals surface area contributed by atoms with E-state index in [-0.39, 0.29) is 5.92 Å². The molecule has 1 aliphatic carbocycles. The van der Waals surface area contributed by atoms with E-state index in [1.54, 1.807) is 0 Å². The highest BCUT2D eigenvalue weighted by atomic mass is 16.4. The molecule has 0 bridgehead atoms. The molecule has 2 heteroatoms. The van der Waals surface area contributed by atoms with Crippen molar-refractivity contribution in [3.05, 3.63) is 0 Å². The van der Waals surface area contributed by atoms with E-state index in [0.29, 0.717) is 11.3 Å². The van der Waals surface area contributed by atoms with Gasteiger partial charge in [0.2, 0.25) is 0 Å². The molecule has 0 aromatic rings. The zero-order valence-corrected chi connectivity index (χ0v) is 11.1. The number of hydrogen-bond acceptors (Lipinski definition) is 1. The molecule has 0 aromatic carbocycles. The third-order valence-electron chi connectivity index (χ3n) is 4.88. The van der Waals surface area contributed by atoms with E-state index in [1.165, 1.54) is 19.3 Å². The van der Waals surface area contributed by atoms with Crippen LogP contribution in [-0.4, -0.2) is 11.1 Å². The van der Waals surface area contributed by atoms with Crippen LogP contribution in [0.5, 0.6) is 0 Å². The summed E-state index contributed by atoms with van der Waals surface area (Å²) in [5.41, 5.74) is 0.428. The van der Waals surface area contributed by atoms with Crippen molar-refractivity contribution in [3.8, 4) is 0 Å². The highest BCUT2D eigenvalue weighted by molar-refractivity contribution is 5.69. The second kappa shape index (κ2) is 5.20. The minimum atomic E-state index is -0.627. The first-order chi connectivity index (χ1) is 7.38. The quantitative estimate of drug-likeness (QED) is 0.788. The molecule has 0 aliphatic heterocycles. The van der Waals surface area contributed by atoms with Gasteiger partial charge in [0, 0.05) is 0 Å². The summed E-state index contributed by atoms with van der Waals surface area (Å²) in [4.78, 5) is 10.9. The second-order valence-corrected chi connectivity index (χ2v) is 6.08. The van der Waals surface area contributed by atoms with Gasteiger partial charge in [0.25, 0.3) is 0 Å². The summed E-state index contributed by atoms with van der Waals surface area (Å²) in [6, 6.07) is 0. The summed E-state index contributed by atoms with van der Waals surface area (Å²) in [7, 11) is 0. The molecule has 1 N–H and O–H groups in total. The molecule has 1 unspecified atom stereocenters. The molecule has 0 radical (unpaired) electrons. The summed E-state index contributed by atoms with van der Waals surface area (Å²) in [6.45, 7) is 8.81. The van der Waals surface area contributed by atoms with Crippen LogP contribution >= 0.6 is 0 Å². The molecule has 1 atom stereocenters. The van der Waals surface area contributed by atoms with E-state index < -0.39 is 5.97 Å². The fourth-order valence-corrected chi connectivity index (χ4v) is 2.89. The van der Waals surface area contributed by atoms with Crippen LogP contribution in [0.15, 0.2) is 0 Å². The molecule has 1 fully saturated rings. The predicted octanol–water partition coefficient (Wildman–Crippen LogP) is 3.95. The van der Waals surface area contributed by atoms with Crippen LogP contribution < -0.4 is 0 Å². The maximum Gasteiger partial charge on any atom is 0.306 e. The van der Waals surface area contributed by atoms with E-state index in [2.05, 4.69) is 20.8 Å². The van der Waals surface area contributed by atoms with Crippen LogP contribution in [0.25, 0.3) is 0 Å². The molecule has 0 saturated heterocycles. The fraction of sp³-hybridized carbons (Fsp3) is 0.929. The van der Waals surface area contributed by atoms with Gasteiger partial charge in [0.1, 0.15) is 0 Å². The van der Waals surface area contributed by atoms with Crippen molar-refractivity contribution in [1.29, 1.82) is 0 Å². The first-order valence-electron chi connectivity index (χ1n) is 6.61. The monoisotopic (exact) mass is 226 g/mol. The minimum Gasteiger partial charge on any atom is -0.481 e. The Hall–Kier alpha value is -0.530. The van der Waals surface area contributed by atoms with Crippen molar-refractivity contribution in [1.82, 2.24) is 0 Å². The predicted molar refractivity (Wildman–Crippen MR) is 66.3 cm³/mol. The van der Waals surface area contributed by atoms with Crippen molar-refractivity contribution in [2.45, 2.75) is 59.8 Å². The van der Waals surface area contributed by atoms with E-state index in [4.69, 9.17) is 5.11 Å². The van der Waals surface area contributed by atoms with Crippen LogP contribution in [0.2, 0.25) is 0 Å². The summed E-state index contributed by atoms with van der Waals surface area (Å²) in [6.07, 6.45) is 5.84. The molecule has 0 heterocycles. The number of carbonyl (C=O) groups is 1. The van der Waals surface area contributed by atoms with Crippen molar-refractivity contribution in [3.63, 3.8) is 0 Å². The normalized spacial score (nSPS) is 28.8. The van der Waals surface area contributed by atoms with Gasteiger partial charge >= 0.3 is 5.97 Å². The maximum atomic E-state index is 10.9. The molecule has 1 saturated carbocycles. The molecular weight excluding hydrogens is 200 g/mol. The van der Waals surface area contributed by atoms with E-state index >= 15 is 0 Å². The van der Waals surface area contributed by atoms with E-state index in [9.17, 15) is 4.79 Å². The molecular formula is C14H26O2. The number of aliphatic carboxylic acids is 1. The Labute approximate surface area is 99.4 Å². The topological polar surface area (TPSA) is 37.3 Å². The molecule has 0 aromatic heterocycles. The highest BCUT2D eigenvalue weighted by Crippen LogP contribution is 2.43. The van der Waals surface area contributed by atoms with Crippen molar-refractivity contribution in [2.24, 2.45) is 23.2 Å². The zero-order valence-electron chi connectivity index (χ0n) is 11.1. The zero-order chi connectivity index (χ0) is 12.3. The van der Waals surface area contributed by atoms with Gasteiger partial charge in [-0.15, -0.1) is 0 Å². The Morgan fingerprint density at radius 3 is 2.19 bits per heavy atom. The molecule has 0 spiro atoms. The van der Waals surface area contributed by atoms with Gasteiger partial charge in [-0.1, -0.05) is 34.1 Å². The van der Waals surface area contributed by atoms with Gasteiger partial charge in [-0.05, 0) is 42.9 Å². The maximum absolute atomic E-state index is 10.9. The number of hydrogen-bond donors (Lipinski definition) is 1. The Morgan fingerprint density at radius 2 is 1.81 bits per heavy atom. The summed E-state index contributed by atoms with van der Waals surface area (Å²) < 4.78 is 0. The van der Waals surface area contributed by atoms with E-state index in [0.717, 1.165) is 18.8 Å². The lowest BCUT2D eigenvalue weighted by molar-refractivity contribution is -0.143. The first-order valence-corrected chi connectivity index (χ1v) is 6.61. The Balaban J connectivity index is 2.48. The lowest BCUT2D eigenvalue weighted by atomic mass is 9.66. The van der Waals surface area contributed by atoms with Gasteiger partial charge in [-0.3, -0.25) is 4.79 Å². The summed E-state index contributed by atoms with van der Waals surface area (Å²) in [5, 5.41) is 9.01. The Morgan fingerprint density at radius 1 is 1.31 bits per heavy atom. The highest BCUT2D eigenvalue weighted by Gasteiger charge is 2.34.